The molecule has 106 valence electrons. The maximum Gasteiger partial charge on any atom is 0.251 e. The predicted octanol–water partition coefficient (Wildman–Crippen LogP) is 2.63. The Bertz CT molecular complexity index is 434. The van der Waals surface area contributed by atoms with Crippen LogP contribution in [0.15, 0.2) is 12.1 Å². The largest absolute Gasteiger partial charge is 0.385 e. The number of rotatable bonds is 6. The summed E-state index contributed by atoms with van der Waals surface area (Å²) in [6, 6.07) is 1.08. The molecule has 1 amide bonds. The summed E-state index contributed by atoms with van der Waals surface area (Å²) in [5, 5.41) is 3.04. The van der Waals surface area contributed by atoms with E-state index >= 15 is 0 Å². The molecule has 0 aliphatic heterocycles. The Morgan fingerprint density at radius 3 is 2.42 bits per heavy atom. The van der Waals surface area contributed by atoms with E-state index in [-0.39, 0.29) is 11.6 Å². The van der Waals surface area contributed by atoms with Crippen molar-refractivity contribution in [3.63, 3.8) is 0 Å². The standard InChI is InChI=1S/C12H13BrF3NO2/c1-19-3-2-8(6-13)17-12(18)7-4-9(14)11(16)10(15)5-7/h4-5,8H,2-3,6H2,1H3,(H,17,18). The number of hydrogen-bond acceptors (Lipinski definition) is 2. The van der Waals surface area contributed by atoms with E-state index in [1.807, 2.05) is 0 Å². The zero-order valence-electron chi connectivity index (χ0n) is 10.2. The Balaban J connectivity index is 2.77. The SMILES string of the molecule is COCCC(CBr)NC(=O)c1cc(F)c(F)c(F)c1. The average molecular weight is 340 g/mol. The third-order valence-electron chi connectivity index (χ3n) is 2.44. The first-order chi connectivity index (χ1) is 8.99. The van der Waals surface area contributed by atoms with Crippen LogP contribution in [0, 0.1) is 17.5 Å². The van der Waals surface area contributed by atoms with Crippen LogP contribution in [0.3, 0.4) is 0 Å². The number of ether oxygens (including phenoxy) is 1. The molecule has 1 atom stereocenters. The average Bonchev–Trinajstić information content (AvgIpc) is 2.39. The van der Waals surface area contributed by atoms with E-state index in [4.69, 9.17) is 4.74 Å². The quantitative estimate of drug-likeness (QED) is 0.639. The summed E-state index contributed by atoms with van der Waals surface area (Å²) in [5.74, 6) is -5.04. The van der Waals surface area contributed by atoms with Gasteiger partial charge in [-0.15, -0.1) is 0 Å². The summed E-state index contributed by atoms with van der Waals surface area (Å²) >= 11 is 3.21. The summed E-state index contributed by atoms with van der Waals surface area (Å²) in [7, 11) is 1.53. The smallest absolute Gasteiger partial charge is 0.251 e. The summed E-state index contributed by atoms with van der Waals surface area (Å²) < 4.78 is 43.6. The monoisotopic (exact) mass is 339 g/mol. The molecule has 0 bridgehead atoms. The molecule has 1 aromatic rings. The van der Waals surface area contributed by atoms with E-state index in [1.165, 1.54) is 7.11 Å². The number of benzene rings is 1. The van der Waals surface area contributed by atoms with E-state index in [0.29, 0.717) is 30.5 Å². The molecule has 0 fully saturated rings. The van der Waals surface area contributed by atoms with E-state index in [9.17, 15) is 18.0 Å². The number of carbonyl (C=O) groups excluding carboxylic acids is 1. The van der Waals surface area contributed by atoms with Crippen LogP contribution in [0.5, 0.6) is 0 Å². The first-order valence-electron chi connectivity index (χ1n) is 5.50. The number of methoxy groups -OCH3 is 1. The number of alkyl halides is 1. The van der Waals surface area contributed by atoms with Gasteiger partial charge in [0.05, 0.1) is 0 Å². The second-order valence-electron chi connectivity index (χ2n) is 3.86. The maximum absolute atomic E-state index is 13.0. The number of hydrogen-bond donors (Lipinski definition) is 1. The minimum absolute atomic E-state index is 0.247. The summed E-state index contributed by atoms with van der Waals surface area (Å²) in [6.07, 6.45) is 0.541. The fourth-order valence-corrected chi connectivity index (χ4v) is 1.89. The highest BCUT2D eigenvalue weighted by Gasteiger charge is 2.17. The molecule has 0 heterocycles. The van der Waals surface area contributed by atoms with Gasteiger partial charge in [-0.3, -0.25) is 4.79 Å². The Morgan fingerprint density at radius 2 is 1.95 bits per heavy atom. The van der Waals surface area contributed by atoms with Crippen molar-refractivity contribution < 1.29 is 22.7 Å². The molecule has 0 aliphatic rings. The molecular weight excluding hydrogens is 327 g/mol. The van der Waals surface area contributed by atoms with Crippen molar-refractivity contribution in [3.8, 4) is 0 Å². The lowest BCUT2D eigenvalue weighted by molar-refractivity contribution is 0.0929. The van der Waals surface area contributed by atoms with Gasteiger partial charge in [0.2, 0.25) is 0 Å². The van der Waals surface area contributed by atoms with E-state index in [2.05, 4.69) is 21.2 Å². The number of halogens is 4. The zero-order chi connectivity index (χ0) is 14.4. The summed E-state index contributed by atoms with van der Waals surface area (Å²) in [4.78, 5) is 11.8. The maximum atomic E-state index is 13.0. The van der Waals surface area contributed by atoms with Crippen molar-refractivity contribution in [3.05, 3.63) is 35.1 Å². The minimum Gasteiger partial charge on any atom is -0.385 e. The zero-order valence-corrected chi connectivity index (χ0v) is 11.8. The normalized spacial score (nSPS) is 12.3. The van der Waals surface area contributed by atoms with Crippen molar-refractivity contribution in [2.45, 2.75) is 12.5 Å². The highest BCUT2D eigenvalue weighted by molar-refractivity contribution is 9.09. The van der Waals surface area contributed by atoms with Crippen LogP contribution in [-0.4, -0.2) is 31.0 Å². The Hall–Kier alpha value is -1.08. The van der Waals surface area contributed by atoms with Gasteiger partial charge >= 0.3 is 0 Å². The Kier molecular flexibility index (Phi) is 6.30. The molecule has 0 radical (unpaired) electrons. The Morgan fingerprint density at radius 1 is 1.37 bits per heavy atom. The molecule has 1 rings (SSSR count). The third kappa shape index (κ3) is 4.50. The lowest BCUT2D eigenvalue weighted by atomic mass is 10.1. The van der Waals surface area contributed by atoms with Gasteiger partial charge < -0.3 is 10.1 Å². The van der Waals surface area contributed by atoms with E-state index < -0.39 is 23.4 Å². The second-order valence-corrected chi connectivity index (χ2v) is 4.51. The second kappa shape index (κ2) is 7.49. The molecule has 7 heteroatoms. The van der Waals surface area contributed by atoms with Crippen molar-refractivity contribution in [2.75, 3.05) is 19.0 Å². The van der Waals surface area contributed by atoms with Crippen LogP contribution < -0.4 is 5.32 Å². The van der Waals surface area contributed by atoms with Crippen molar-refractivity contribution in [2.24, 2.45) is 0 Å². The molecule has 0 saturated heterocycles. The van der Waals surface area contributed by atoms with Gasteiger partial charge in [-0.05, 0) is 18.6 Å². The number of carbonyl (C=O) groups is 1. The first kappa shape index (κ1) is 16.0. The molecule has 1 aromatic carbocycles. The third-order valence-corrected chi connectivity index (χ3v) is 3.22. The van der Waals surface area contributed by atoms with Crippen LogP contribution in [-0.2, 0) is 4.74 Å². The molecular formula is C12H13BrF3NO2. The molecule has 19 heavy (non-hydrogen) atoms. The topological polar surface area (TPSA) is 38.3 Å². The lowest BCUT2D eigenvalue weighted by Crippen LogP contribution is -2.37. The molecule has 0 saturated carbocycles. The highest BCUT2D eigenvalue weighted by Crippen LogP contribution is 2.14. The van der Waals surface area contributed by atoms with Gasteiger partial charge in [0.15, 0.2) is 17.5 Å². The first-order valence-corrected chi connectivity index (χ1v) is 6.62. The summed E-state index contributed by atoms with van der Waals surface area (Å²) in [5.41, 5.74) is -0.264. The van der Waals surface area contributed by atoms with Crippen molar-refractivity contribution >= 4 is 21.8 Å². The minimum atomic E-state index is -1.59. The molecule has 0 aliphatic carbocycles. The van der Waals surface area contributed by atoms with Crippen molar-refractivity contribution in [1.29, 1.82) is 0 Å². The number of nitrogens with one attached hydrogen (secondary N) is 1. The van der Waals surface area contributed by atoms with Crippen LogP contribution in [0.1, 0.15) is 16.8 Å². The number of amides is 1. The van der Waals surface area contributed by atoms with Crippen LogP contribution in [0.4, 0.5) is 13.2 Å². The molecule has 0 spiro atoms. The van der Waals surface area contributed by atoms with Crippen LogP contribution in [0.25, 0.3) is 0 Å². The van der Waals surface area contributed by atoms with Gasteiger partial charge in [-0.25, -0.2) is 13.2 Å². The predicted molar refractivity (Wildman–Crippen MR) is 67.9 cm³/mol. The Labute approximate surface area is 117 Å². The van der Waals surface area contributed by atoms with Crippen LogP contribution >= 0.6 is 15.9 Å². The fourth-order valence-electron chi connectivity index (χ4n) is 1.40. The molecule has 1 unspecified atom stereocenters. The van der Waals surface area contributed by atoms with Gasteiger partial charge in [-0.1, -0.05) is 15.9 Å². The van der Waals surface area contributed by atoms with E-state index in [1.54, 1.807) is 0 Å². The lowest BCUT2D eigenvalue weighted by Gasteiger charge is -2.15. The van der Waals surface area contributed by atoms with E-state index in [0.717, 1.165) is 0 Å². The molecule has 3 nitrogen and oxygen atoms in total. The van der Waals surface area contributed by atoms with Crippen LogP contribution in [0.2, 0.25) is 0 Å². The molecule has 1 N–H and O–H groups in total. The highest BCUT2D eigenvalue weighted by atomic mass is 79.9. The van der Waals surface area contributed by atoms with Gasteiger partial charge in [0.25, 0.3) is 5.91 Å². The van der Waals surface area contributed by atoms with Gasteiger partial charge in [-0.2, -0.15) is 0 Å². The molecule has 0 aromatic heterocycles. The van der Waals surface area contributed by atoms with Gasteiger partial charge in [0.1, 0.15) is 0 Å². The van der Waals surface area contributed by atoms with Gasteiger partial charge in [0, 0.05) is 30.7 Å². The fraction of sp³-hybridized carbons (Fsp3) is 0.417. The van der Waals surface area contributed by atoms with Crippen molar-refractivity contribution in [1.82, 2.24) is 5.32 Å². The summed E-state index contributed by atoms with van der Waals surface area (Å²) in [6.45, 7) is 0.433.